The van der Waals surface area contributed by atoms with Crippen molar-refractivity contribution >= 4 is 9.84 Å². The van der Waals surface area contributed by atoms with Gasteiger partial charge in [0.15, 0.2) is 9.84 Å². The van der Waals surface area contributed by atoms with Crippen LogP contribution in [-0.2, 0) is 16.3 Å². The largest absolute Gasteiger partial charge is 0.496 e. The smallest absolute Gasteiger partial charge is 0.175 e. The third kappa shape index (κ3) is 2.79. The number of aliphatic hydroxyl groups is 1. The molecular formula is C12H16O4S. The zero-order valence-electron chi connectivity index (χ0n) is 9.93. The third-order valence-electron chi connectivity index (χ3n) is 3.03. The first-order valence-corrected chi connectivity index (χ1v) is 7.33. The van der Waals surface area contributed by atoms with Crippen LogP contribution in [0.25, 0.3) is 0 Å². The fourth-order valence-electron chi connectivity index (χ4n) is 1.80. The number of sulfone groups is 1. The molecule has 2 rings (SSSR count). The molecule has 0 aromatic heterocycles. The maximum absolute atomic E-state index is 11.5. The lowest BCUT2D eigenvalue weighted by Crippen LogP contribution is -2.12. The zero-order chi connectivity index (χ0) is 12.7. The Morgan fingerprint density at radius 2 is 2.06 bits per heavy atom. The van der Waals surface area contributed by atoms with E-state index in [4.69, 9.17) is 4.74 Å². The number of hydrogen-bond acceptors (Lipinski definition) is 4. The molecule has 0 spiro atoms. The molecular weight excluding hydrogens is 240 g/mol. The van der Waals surface area contributed by atoms with Gasteiger partial charge < -0.3 is 9.84 Å². The van der Waals surface area contributed by atoms with Crippen LogP contribution in [0.1, 0.15) is 18.4 Å². The molecule has 0 bridgehead atoms. The number of rotatable bonds is 4. The van der Waals surface area contributed by atoms with E-state index in [0.717, 1.165) is 18.4 Å². The molecule has 0 radical (unpaired) electrons. The fraction of sp³-hybridized carbons (Fsp3) is 0.500. The highest BCUT2D eigenvalue weighted by Gasteiger charge is 2.40. The second kappa shape index (κ2) is 3.99. The number of methoxy groups -OCH3 is 1. The molecule has 17 heavy (non-hydrogen) atoms. The lowest BCUT2D eigenvalue weighted by atomic mass is 10.1. The third-order valence-corrected chi connectivity index (χ3v) is 4.14. The van der Waals surface area contributed by atoms with Crippen molar-refractivity contribution in [3.63, 3.8) is 0 Å². The Hall–Kier alpha value is -1.07. The summed E-state index contributed by atoms with van der Waals surface area (Å²) in [5.41, 5.74) is 0.0825. The van der Waals surface area contributed by atoms with Gasteiger partial charge in [-0.3, -0.25) is 0 Å². The van der Waals surface area contributed by atoms with E-state index in [2.05, 4.69) is 0 Å². The van der Waals surface area contributed by atoms with Gasteiger partial charge in [-0.05, 0) is 36.6 Å². The Balaban J connectivity index is 2.39. The summed E-state index contributed by atoms with van der Waals surface area (Å²) in [6, 6.07) is 4.75. The molecule has 0 amide bonds. The van der Waals surface area contributed by atoms with Gasteiger partial charge in [0.25, 0.3) is 0 Å². The van der Waals surface area contributed by atoms with E-state index in [1.807, 2.05) is 0 Å². The normalized spacial score (nSPS) is 17.8. The highest BCUT2D eigenvalue weighted by molar-refractivity contribution is 7.90. The summed E-state index contributed by atoms with van der Waals surface area (Å²) in [4.78, 5) is 0.262. The van der Waals surface area contributed by atoms with Crippen LogP contribution in [0.3, 0.4) is 0 Å². The van der Waals surface area contributed by atoms with Gasteiger partial charge in [0.2, 0.25) is 0 Å². The minimum Gasteiger partial charge on any atom is -0.496 e. The molecule has 1 aromatic rings. The number of ether oxygens (including phenoxy) is 1. The van der Waals surface area contributed by atoms with Crippen molar-refractivity contribution in [1.29, 1.82) is 0 Å². The molecule has 5 heteroatoms. The van der Waals surface area contributed by atoms with Crippen LogP contribution in [0.4, 0.5) is 0 Å². The fourth-order valence-corrected chi connectivity index (χ4v) is 2.47. The Bertz CT molecular complexity index is 529. The Morgan fingerprint density at radius 3 is 2.53 bits per heavy atom. The maximum atomic E-state index is 11.5. The topological polar surface area (TPSA) is 63.6 Å². The molecule has 1 aliphatic carbocycles. The first-order chi connectivity index (χ1) is 7.84. The minimum absolute atomic E-state index is 0.262. The molecule has 1 fully saturated rings. The van der Waals surface area contributed by atoms with Gasteiger partial charge in [0.05, 0.1) is 17.6 Å². The molecule has 94 valence electrons. The summed E-state index contributed by atoms with van der Waals surface area (Å²) in [5, 5.41) is 9.89. The van der Waals surface area contributed by atoms with Gasteiger partial charge >= 0.3 is 0 Å². The zero-order valence-corrected chi connectivity index (χ0v) is 10.8. The van der Waals surface area contributed by atoms with Crippen LogP contribution in [0.15, 0.2) is 23.1 Å². The van der Waals surface area contributed by atoms with Crippen LogP contribution in [0, 0.1) is 0 Å². The second-order valence-electron chi connectivity index (χ2n) is 4.65. The molecule has 1 aromatic carbocycles. The van der Waals surface area contributed by atoms with Gasteiger partial charge in [-0.2, -0.15) is 0 Å². The summed E-state index contributed by atoms with van der Waals surface area (Å²) in [7, 11) is -1.69. The standard InChI is InChI=1S/C12H16O4S/c1-16-11-4-3-10(17(2,14)15)7-9(11)8-12(13)5-6-12/h3-4,7,13H,5-6,8H2,1-2H3. The summed E-state index contributed by atoms with van der Waals surface area (Å²) >= 11 is 0. The monoisotopic (exact) mass is 256 g/mol. The van der Waals surface area contributed by atoms with Crippen molar-refractivity contribution in [2.45, 2.75) is 29.8 Å². The number of hydrogen-bond donors (Lipinski definition) is 1. The molecule has 1 saturated carbocycles. The molecule has 0 aliphatic heterocycles. The van der Waals surface area contributed by atoms with Gasteiger partial charge in [0.1, 0.15) is 5.75 Å². The number of benzene rings is 1. The van der Waals surface area contributed by atoms with Crippen LogP contribution < -0.4 is 4.74 Å². The molecule has 0 saturated heterocycles. The average Bonchev–Trinajstić information content (AvgIpc) is 2.94. The van der Waals surface area contributed by atoms with Gasteiger partial charge in [-0.1, -0.05) is 0 Å². The van der Waals surface area contributed by atoms with Crippen LogP contribution in [0.2, 0.25) is 0 Å². The van der Waals surface area contributed by atoms with E-state index in [1.165, 1.54) is 19.4 Å². The summed E-state index contributed by atoms with van der Waals surface area (Å²) in [6.45, 7) is 0. The van der Waals surface area contributed by atoms with E-state index in [0.29, 0.717) is 12.2 Å². The minimum atomic E-state index is -3.22. The first-order valence-electron chi connectivity index (χ1n) is 5.43. The predicted octanol–water partition coefficient (Wildman–Crippen LogP) is 1.17. The van der Waals surface area contributed by atoms with E-state index < -0.39 is 15.4 Å². The van der Waals surface area contributed by atoms with Crippen molar-refractivity contribution in [2.75, 3.05) is 13.4 Å². The van der Waals surface area contributed by atoms with E-state index >= 15 is 0 Å². The SMILES string of the molecule is COc1ccc(S(C)(=O)=O)cc1CC1(O)CC1. The van der Waals surface area contributed by atoms with E-state index in [9.17, 15) is 13.5 Å². The maximum Gasteiger partial charge on any atom is 0.175 e. The van der Waals surface area contributed by atoms with Crippen molar-refractivity contribution in [3.05, 3.63) is 23.8 Å². The lowest BCUT2D eigenvalue weighted by Gasteiger charge is -2.13. The molecule has 0 atom stereocenters. The molecule has 4 nitrogen and oxygen atoms in total. The van der Waals surface area contributed by atoms with Crippen LogP contribution in [-0.4, -0.2) is 32.5 Å². The molecule has 0 heterocycles. The summed E-state index contributed by atoms with van der Waals surface area (Å²) in [5.74, 6) is 0.623. The molecule has 1 aliphatic rings. The Morgan fingerprint density at radius 1 is 1.41 bits per heavy atom. The Labute approximate surface area is 101 Å². The van der Waals surface area contributed by atoms with Crippen LogP contribution in [0.5, 0.6) is 5.75 Å². The second-order valence-corrected chi connectivity index (χ2v) is 6.66. The molecule has 1 N–H and O–H groups in total. The van der Waals surface area contributed by atoms with Gasteiger partial charge in [-0.15, -0.1) is 0 Å². The van der Waals surface area contributed by atoms with Crippen molar-refractivity contribution in [3.8, 4) is 5.75 Å². The van der Waals surface area contributed by atoms with Crippen molar-refractivity contribution < 1.29 is 18.3 Å². The van der Waals surface area contributed by atoms with Gasteiger partial charge in [0, 0.05) is 12.7 Å². The van der Waals surface area contributed by atoms with Crippen molar-refractivity contribution in [1.82, 2.24) is 0 Å². The Kier molecular flexibility index (Phi) is 2.91. The van der Waals surface area contributed by atoms with E-state index in [1.54, 1.807) is 12.1 Å². The average molecular weight is 256 g/mol. The summed E-state index contributed by atoms with van der Waals surface area (Å²) in [6.07, 6.45) is 3.14. The van der Waals surface area contributed by atoms with Gasteiger partial charge in [-0.25, -0.2) is 8.42 Å². The highest BCUT2D eigenvalue weighted by atomic mass is 32.2. The molecule has 0 unspecified atom stereocenters. The first kappa shape index (κ1) is 12.4. The highest BCUT2D eigenvalue weighted by Crippen LogP contribution is 2.40. The summed E-state index contributed by atoms with van der Waals surface area (Å²) < 4.78 is 28.1. The van der Waals surface area contributed by atoms with E-state index in [-0.39, 0.29) is 4.90 Å². The predicted molar refractivity (Wildman–Crippen MR) is 64.0 cm³/mol. The quantitative estimate of drug-likeness (QED) is 0.878. The lowest BCUT2D eigenvalue weighted by molar-refractivity contribution is 0.150. The van der Waals surface area contributed by atoms with Crippen LogP contribution >= 0.6 is 0 Å². The van der Waals surface area contributed by atoms with Crippen molar-refractivity contribution in [2.24, 2.45) is 0 Å².